The quantitative estimate of drug-likeness (QED) is 0.144. The fraction of sp³-hybridized carbons (Fsp3) is 0.448. The molecule has 5 heteroatoms. The molecule has 0 bridgehead atoms. The Labute approximate surface area is 221 Å². The summed E-state index contributed by atoms with van der Waals surface area (Å²) >= 11 is 0.569. The zero-order valence-corrected chi connectivity index (χ0v) is 23.2. The van der Waals surface area contributed by atoms with Crippen LogP contribution in [0, 0.1) is 0 Å². The number of benzene rings is 2. The fourth-order valence-corrected chi connectivity index (χ4v) is 4.34. The van der Waals surface area contributed by atoms with Gasteiger partial charge in [0.05, 0.1) is 0 Å². The van der Waals surface area contributed by atoms with E-state index in [0.29, 0.717) is 12.7 Å². The van der Waals surface area contributed by atoms with E-state index in [1.807, 2.05) is 0 Å². The van der Waals surface area contributed by atoms with Crippen LogP contribution < -0.4 is 0 Å². The van der Waals surface area contributed by atoms with Crippen LogP contribution in [-0.2, 0) is 25.5 Å². The molecule has 2 nitrogen and oxygen atoms in total. The Bertz CT molecular complexity index is 982. The Balaban J connectivity index is 0.00000129. The van der Waals surface area contributed by atoms with Crippen LogP contribution in [0.1, 0.15) is 94.4 Å². The molecule has 0 radical (unpaired) electrons. The summed E-state index contributed by atoms with van der Waals surface area (Å²) in [6, 6.07) is 17.4. The van der Waals surface area contributed by atoms with E-state index < -0.39 is 0 Å². The van der Waals surface area contributed by atoms with Crippen LogP contribution in [-0.4, -0.2) is 4.70 Å². The monoisotopic (exact) mass is 542 g/mol. The molecule has 0 atom stereocenters. The van der Waals surface area contributed by atoms with Gasteiger partial charge in [0.25, 0.3) is 0 Å². The average Bonchev–Trinajstić information content (AvgIpc) is 3.18. The van der Waals surface area contributed by atoms with E-state index >= 15 is 0 Å². The van der Waals surface area contributed by atoms with Gasteiger partial charge in [-0.25, -0.2) is 4.70 Å². The zero-order chi connectivity index (χ0) is 24.8. The molecule has 3 rings (SSSR count). The molecule has 34 heavy (non-hydrogen) atoms. The van der Waals surface area contributed by atoms with Gasteiger partial charge in [-0.2, -0.15) is 0 Å². The molecule has 0 saturated heterocycles. The van der Waals surface area contributed by atoms with Crippen molar-refractivity contribution in [2.75, 3.05) is 0 Å². The van der Waals surface area contributed by atoms with E-state index in [0.717, 1.165) is 48.2 Å². The Kier molecular flexibility index (Phi) is 13.8. The summed E-state index contributed by atoms with van der Waals surface area (Å²) in [6.07, 6.45) is 13.7. The van der Waals surface area contributed by atoms with Crippen molar-refractivity contribution in [1.29, 1.82) is 0 Å². The number of nitrogens with zero attached hydrogens (tertiary/aromatic N) is 2. The summed E-state index contributed by atoms with van der Waals surface area (Å²) in [5.41, 5.74) is 19.3. The van der Waals surface area contributed by atoms with Gasteiger partial charge < -0.3 is 5.53 Å². The Morgan fingerprint density at radius 3 is 1.82 bits per heavy atom. The number of rotatable bonds is 12. The molecule has 0 aromatic heterocycles. The Morgan fingerprint density at radius 1 is 0.735 bits per heavy atom. The molecule has 0 amide bonds. The number of halogens is 2. The van der Waals surface area contributed by atoms with Crippen molar-refractivity contribution in [2.24, 2.45) is 0 Å². The van der Waals surface area contributed by atoms with Gasteiger partial charge in [-0.15, -0.1) is 0 Å². The number of hydrogen-bond acceptors (Lipinski definition) is 0. The molecule has 2 aromatic rings. The SMILES string of the molecule is CCCCCC1=C(c2cccc(CCCC)c2)[N+](=[N-])C(c2cccc(CCCC)c2)=C1.[Cl][Ni][Cl]. The van der Waals surface area contributed by atoms with Crippen LogP contribution in [0.3, 0.4) is 0 Å². The van der Waals surface area contributed by atoms with Gasteiger partial charge in [0.2, 0.25) is 11.4 Å². The first kappa shape index (κ1) is 28.8. The minimum atomic E-state index is 0.569. The second kappa shape index (κ2) is 16.3. The molecule has 0 spiro atoms. The molecular weight excluding hydrogens is 506 g/mol. The third kappa shape index (κ3) is 8.67. The summed E-state index contributed by atoms with van der Waals surface area (Å²) in [6.45, 7) is 6.70. The molecular formula is C29H38Cl2N2Ni. The molecule has 0 saturated carbocycles. The predicted octanol–water partition coefficient (Wildman–Crippen LogP) is 10.1. The molecule has 1 aliphatic heterocycles. The molecule has 2 aromatic carbocycles. The van der Waals surface area contributed by atoms with Crippen molar-refractivity contribution in [3.63, 3.8) is 0 Å². The van der Waals surface area contributed by atoms with Crippen LogP contribution >= 0.6 is 20.4 Å². The second-order valence-corrected chi connectivity index (χ2v) is 10.5. The maximum atomic E-state index is 11.3. The molecule has 0 aliphatic carbocycles. The van der Waals surface area contributed by atoms with Gasteiger partial charge in [0, 0.05) is 22.8 Å². The van der Waals surface area contributed by atoms with E-state index in [-0.39, 0.29) is 0 Å². The number of aryl methyl sites for hydroxylation is 2. The summed E-state index contributed by atoms with van der Waals surface area (Å²) in [7, 11) is 9.40. The molecule has 188 valence electrons. The molecule has 0 unspecified atom stereocenters. The predicted molar refractivity (Wildman–Crippen MR) is 144 cm³/mol. The molecule has 1 aliphatic rings. The fourth-order valence-electron chi connectivity index (χ4n) is 4.34. The van der Waals surface area contributed by atoms with Gasteiger partial charge in [-0.3, -0.25) is 0 Å². The third-order valence-corrected chi connectivity index (χ3v) is 6.17. The van der Waals surface area contributed by atoms with Gasteiger partial charge in [0.15, 0.2) is 0 Å². The molecule has 0 N–H and O–H groups in total. The summed E-state index contributed by atoms with van der Waals surface area (Å²) in [5.74, 6) is 0. The standard InChI is InChI=1S/C29H38N2.2ClH.Ni/c1-4-7-10-17-27-22-28(25-18-11-15-23(20-25)13-8-5-2)31(30)29(27)26-19-12-16-24(21-26)14-9-6-3;;;/h11-12,15-16,18-22H,4-10,13-14,17H2,1-3H3;2*1H;/q;;;+2/p-2. The first-order chi connectivity index (χ1) is 16.6. The van der Waals surface area contributed by atoms with Crippen molar-refractivity contribution in [3.05, 3.63) is 88.0 Å². The summed E-state index contributed by atoms with van der Waals surface area (Å²) in [5, 5.41) is 0. The van der Waals surface area contributed by atoms with Gasteiger partial charge in [0.1, 0.15) is 0 Å². The Morgan fingerprint density at radius 2 is 1.26 bits per heavy atom. The van der Waals surface area contributed by atoms with Crippen molar-refractivity contribution in [2.45, 2.75) is 85.0 Å². The number of unbranched alkanes of at least 4 members (excludes halogenated alkanes) is 4. The minimum absolute atomic E-state index is 0.569. The van der Waals surface area contributed by atoms with E-state index in [9.17, 15) is 5.53 Å². The summed E-state index contributed by atoms with van der Waals surface area (Å²) in [4.78, 5) is 0. The van der Waals surface area contributed by atoms with Gasteiger partial charge in [-0.05, 0) is 73.9 Å². The number of hydrogen-bond donors (Lipinski definition) is 0. The topological polar surface area (TPSA) is 25.3 Å². The first-order valence-electron chi connectivity index (χ1n) is 12.5. The van der Waals surface area contributed by atoms with Crippen LogP contribution in [0.15, 0.2) is 60.2 Å². The number of allylic oxidation sites excluding steroid dienone is 2. The average molecular weight is 544 g/mol. The Hall–Kier alpha value is -1.41. The van der Waals surface area contributed by atoms with Gasteiger partial charge in [-0.1, -0.05) is 70.7 Å². The molecule has 0 fully saturated rings. The van der Waals surface area contributed by atoms with E-state index in [1.165, 1.54) is 59.9 Å². The van der Waals surface area contributed by atoms with E-state index in [1.54, 1.807) is 0 Å². The van der Waals surface area contributed by atoms with Crippen molar-refractivity contribution >= 4 is 31.8 Å². The second-order valence-electron chi connectivity index (χ2n) is 8.83. The normalized spacial score (nSPS) is 13.2. The van der Waals surface area contributed by atoms with E-state index in [4.69, 9.17) is 20.4 Å². The van der Waals surface area contributed by atoms with Crippen LogP contribution in [0.4, 0.5) is 0 Å². The van der Waals surface area contributed by atoms with Crippen LogP contribution in [0.2, 0.25) is 0 Å². The third-order valence-electron chi connectivity index (χ3n) is 6.17. The van der Waals surface area contributed by atoms with Gasteiger partial charge >= 0.3 is 33.0 Å². The first-order valence-corrected chi connectivity index (χ1v) is 15.3. The van der Waals surface area contributed by atoms with Crippen molar-refractivity contribution < 1.29 is 17.4 Å². The molecule has 1 heterocycles. The zero-order valence-electron chi connectivity index (χ0n) is 20.7. The van der Waals surface area contributed by atoms with Crippen molar-refractivity contribution in [1.82, 2.24) is 0 Å². The van der Waals surface area contributed by atoms with Crippen molar-refractivity contribution in [3.8, 4) is 0 Å². The van der Waals surface area contributed by atoms with Crippen LogP contribution in [0.25, 0.3) is 16.9 Å². The van der Waals surface area contributed by atoms with Crippen LogP contribution in [0.5, 0.6) is 0 Å². The maximum absolute atomic E-state index is 11.3. The van der Waals surface area contributed by atoms with E-state index in [2.05, 4.69) is 75.4 Å². The summed E-state index contributed by atoms with van der Waals surface area (Å²) < 4.78 is 1.44.